The van der Waals surface area contributed by atoms with Crippen LogP contribution in [0.4, 0.5) is 23.7 Å². The van der Waals surface area contributed by atoms with Crippen molar-refractivity contribution >= 4 is 17.6 Å². The lowest BCUT2D eigenvalue weighted by atomic mass is 10.0. The predicted molar refractivity (Wildman–Crippen MR) is 122 cm³/mol. The summed E-state index contributed by atoms with van der Waals surface area (Å²) in [6, 6.07) is 4.96. The van der Waals surface area contributed by atoms with Crippen LogP contribution in [0.2, 0.25) is 0 Å². The van der Waals surface area contributed by atoms with Gasteiger partial charge in [0.15, 0.2) is 11.6 Å². The van der Waals surface area contributed by atoms with Crippen LogP contribution in [0.15, 0.2) is 30.3 Å². The summed E-state index contributed by atoms with van der Waals surface area (Å²) in [6.45, 7) is 0.733. The standard InChI is InChI=1S/C24H27F3N4O4/c1-34-17-3-4-21(22(9-17)35-2)29-24(33)31-12-15-8-16(31)11-30(15)23(32)7-14(28)5-13-6-19(26)20(27)10-18(13)25/h3-4,6,9-10,14-16H,5,7-8,11-12,28H2,1-2H3,(H,29,33)/t14-,15+,16-/m1/s1. The van der Waals surface area contributed by atoms with Gasteiger partial charge in [-0.1, -0.05) is 0 Å². The molecular weight excluding hydrogens is 465 g/mol. The van der Waals surface area contributed by atoms with E-state index in [0.717, 1.165) is 6.07 Å². The van der Waals surface area contributed by atoms with E-state index in [-0.39, 0.29) is 42.4 Å². The predicted octanol–water partition coefficient (Wildman–Crippen LogP) is 2.90. The monoisotopic (exact) mass is 492 g/mol. The van der Waals surface area contributed by atoms with E-state index in [0.29, 0.717) is 42.8 Å². The summed E-state index contributed by atoms with van der Waals surface area (Å²) in [5.41, 5.74) is 6.44. The highest BCUT2D eigenvalue weighted by Gasteiger charge is 2.47. The fraction of sp³-hybridized carbons (Fsp3) is 0.417. The molecule has 2 aromatic carbocycles. The number of hydrogen-bond acceptors (Lipinski definition) is 5. The highest BCUT2D eigenvalue weighted by atomic mass is 19.2. The van der Waals surface area contributed by atoms with Gasteiger partial charge in [0, 0.05) is 37.7 Å². The van der Waals surface area contributed by atoms with Crippen molar-refractivity contribution in [1.29, 1.82) is 0 Å². The molecule has 3 amide bonds. The fourth-order valence-electron chi connectivity index (χ4n) is 4.73. The molecule has 2 heterocycles. The minimum Gasteiger partial charge on any atom is -0.497 e. The summed E-state index contributed by atoms with van der Waals surface area (Å²) >= 11 is 0. The van der Waals surface area contributed by atoms with E-state index < -0.39 is 23.5 Å². The maximum absolute atomic E-state index is 13.9. The van der Waals surface area contributed by atoms with Crippen LogP contribution in [0.25, 0.3) is 0 Å². The zero-order valence-electron chi connectivity index (χ0n) is 19.4. The first-order valence-corrected chi connectivity index (χ1v) is 11.2. The minimum atomic E-state index is -1.27. The van der Waals surface area contributed by atoms with Crippen molar-refractivity contribution in [3.8, 4) is 11.5 Å². The van der Waals surface area contributed by atoms with Crippen molar-refractivity contribution in [3.63, 3.8) is 0 Å². The van der Waals surface area contributed by atoms with Crippen molar-refractivity contribution in [1.82, 2.24) is 9.80 Å². The third-order valence-electron chi connectivity index (χ3n) is 6.48. The van der Waals surface area contributed by atoms with E-state index in [1.165, 1.54) is 14.2 Å². The van der Waals surface area contributed by atoms with Crippen molar-refractivity contribution < 1.29 is 32.2 Å². The van der Waals surface area contributed by atoms with Crippen LogP contribution in [-0.4, -0.2) is 67.2 Å². The molecule has 0 saturated carbocycles. The number of piperazine rings is 1. The number of halogens is 3. The Balaban J connectivity index is 1.32. The Bertz CT molecular complexity index is 1130. The van der Waals surface area contributed by atoms with Crippen LogP contribution in [0.3, 0.4) is 0 Å². The average molecular weight is 492 g/mol. The van der Waals surface area contributed by atoms with E-state index in [4.69, 9.17) is 15.2 Å². The van der Waals surface area contributed by atoms with Gasteiger partial charge in [0.1, 0.15) is 17.3 Å². The van der Waals surface area contributed by atoms with Gasteiger partial charge in [-0.2, -0.15) is 0 Å². The number of carbonyl (C=O) groups excluding carboxylic acids is 2. The molecule has 8 nitrogen and oxygen atoms in total. The van der Waals surface area contributed by atoms with Gasteiger partial charge in [-0.25, -0.2) is 18.0 Å². The normalized spacial score (nSPS) is 19.6. The average Bonchev–Trinajstić information content (AvgIpc) is 3.44. The molecule has 0 aromatic heterocycles. The van der Waals surface area contributed by atoms with Gasteiger partial charge < -0.3 is 30.3 Å². The molecule has 3 atom stereocenters. The molecule has 188 valence electrons. The van der Waals surface area contributed by atoms with Crippen molar-refractivity contribution in [3.05, 3.63) is 53.3 Å². The number of benzene rings is 2. The highest BCUT2D eigenvalue weighted by Crippen LogP contribution is 2.34. The number of urea groups is 1. The second-order valence-electron chi connectivity index (χ2n) is 8.76. The van der Waals surface area contributed by atoms with Gasteiger partial charge in [0.05, 0.1) is 32.0 Å². The van der Waals surface area contributed by atoms with E-state index in [2.05, 4.69) is 5.32 Å². The number of nitrogens with one attached hydrogen (secondary N) is 1. The van der Waals surface area contributed by atoms with Crippen molar-refractivity contribution in [2.45, 2.75) is 37.4 Å². The number of nitrogens with zero attached hydrogens (tertiary/aromatic N) is 2. The molecular formula is C24H27F3N4O4. The van der Waals surface area contributed by atoms with Gasteiger partial charge in [-0.15, -0.1) is 0 Å². The van der Waals surface area contributed by atoms with E-state index in [9.17, 15) is 22.8 Å². The Labute approximate surface area is 200 Å². The van der Waals surface area contributed by atoms with Gasteiger partial charge in [0.25, 0.3) is 0 Å². The molecule has 0 spiro atoms. The van der Waals surface area contributed by atoms with Crippen LogP contribution in [0, 0.1) is 17.5 Å². The summed E-state index contributed by atoms with van der Waals surface area (Å²) in [7, 11) is 3.03. The Hall–Kier alpha value is -3.47. The Kier molecular flexibility index (Phi) is 7.06. The second-order valence-corrected chi connectivity index (χ2v) is 8.76. The SMILES string of the molecule is COc1ccc(NC(=O)N2C[C@@H]3C[C@@H]2CN3C(=O)C[C@H](N)Cc2cc(F)c(F)cc2F)c(OC)c1. The number of methoxy groups -OCH3 is 2. The fourth-order valence-corrected chi connectivity index (χ4v) is 4.73. The van der Waals surface area contributed by atoms with Gasteiger partial charge in [-0.3, -0.25) is 4.79 Å². The molecule has 3 N–H and O–H groups in total. The maximum atomic E-state index is 13.9. The number of fused-ring (bicyclic) bond motifs is 2. The molecule has 2 aliphatic heterocycles. The number of carbonyl (C=O) groups is 2. The summed E-state index contributed by atoms with van der Waals surface area (Å²) < 4.78 is 50.9. The lowest BCUT2D eigenvalue weighted by Gasteiger charge is -2.34. The second kappa shape index (κ2) is 10.0. The molecule has 2 aromatic rings. The number of hydrogen-bond donors (Lipinski definition) is 2. The van der Waals surface area contributed by atoms with Crippen molar-refractivity contribution in [2.75, 3.05) is 32.6 Å². The molecule has 2 saturated heterocycles. The van der Waals surface area contributed by atoms with Crippen LogP contribution in [0.5, 0.6) is 11.5 Å². The molecule has 11 heteroatoms. The first-order valence-electron chi connectivity index (χ1n) is 11.2. The summed E-state index contributed by atoms with van der Waals surface area (Å²) in [5.74, 6) is -2.50. The van der Waals surface area contributed by atoms with Gasteiger partial charge in [-0.05, 0) is 36.6 Å². The number of amides is 3. The Morgan fingerprint density at radius 3 is 2.37 bits per heavy atom. The molecule has 35 heavy (non-hydrogen) atoms. The molecule has 0 aliphatic carbocycles. The van der Waals surface area contributed by atoms with Crippen LogP contribution < -0.4 is 20.5 Å². The van der Waals surface area contributed by atoms with Gasteiger partial charge in [0.2, 0.25) is 5.91 Å². The highest BCUT2D eigenvalue weighted by molar-refractivity contribution is 5.92. The van der Waals surface area contributed by atoms with E-state index in [1.54, 1.807) is 28.0 Å². The molecule has 4 rings (SSSR count). The Morgan fingerprint density at radius 2 is 1.71 bits per heavy atom. The van der Waals surface area contributed by atoms with Gasteiger partial charge >= 0.3 is 6.03 Å². The number of ether oxygens (including phenoxy) is 2. The van der Waals surface area contributed by atoms with Crippen LogP contribution in [-0.2, 0) is 11.2 Å². The zero-order chi connectivity index (χ0) is 25.3. The number of anilines is 1. The largest absolute Gasteiger partial charge is 0.497 e. The molecule has 2 fully saturated rings. The summed E-state index contributed by atoms with van der Waals surface area (Å²) in [6.07, 6.45) is 0.470. The lowest BCUT2D eigenvalue weighted by Crippen LogP contribution is -2.52. The molecule has 2 aliphatic rings. The summed E-state index contributed by atoms with van der Waals surface area (Å²) in [5, 5.41) is 2.85. The smallest absolute Gasteiger partial charge is 0.322 e. The number of likely N-dealkylation sites (tertiary alicyclic amines) is 2. The maximum Gasteiger partial charge on any atom is 0.322 e. The zero-order valence-corrected chi connectivity index (χ0v) is 19.4. The molecule has 0 unspecified atom stereocenters. The number of rotatable bonds is 7. The van der Waals surface area contributed by atoms with Crippen LogP contribution >= 0.6 is 0 Å². The lowest BCUT2D eigenvalue weighted by molar-refractivity contribution is -0.133. The number of nitrogens with two attached hydrogens (primary N) is 1. The first-order chi connectivity index (χ1) is 16.7. The van der Waals surface area contributed by atoms with Crippen molar-refractivity contribution in [2.24, 2.45) is 5.73 Å². The van der Waals surface area contributed by atoms with Crippen LogP contribution in [0.1, 0.15) is 18.4 Å². The third-order valence-corrected chi connectivity index (χ3v) is 6.48. The minimum absolute atomic E-state index is 0.0725. The molecule has 2 bridgehead atoms. The van der Waals surface area contributed by atoms with E-state index in [1.807, 2.05) is 0 Å². The Morgan fingerprint density at radius 1 is 1.03 bits per heavy atom. The van der Waals surface area contributed by atoms with E-state index >= 15 is 0 Å². The quantitative estimate of drug-likeness (QED) is 0.580. The molecule has 0 radical (unpaired) electrons. The topological polar surface area (TPSA) is 97.1 Å². The summed E-state index contributed by atoms with van der Waals surface area (Å²) in [4.78, 5) is 29.1. The third kappa shape index (κ3) is 5.14. The first kappa shape index (κ1) is 24.6.